The van der Waals surface area contributed by atoms with Crippen molar-refractivity contribution in [2.24, 2.45) is 0 Å². The van der Waals surface area contributed by atoms with E-state index in [0.717, 1.165) is 12.8 Å². The Balaban J connectivity index is 0.00000200. The Morgan fingerprint density at radius 1 is 1.45 bits per heavy atom. The molecule has 1 aliphatic heterocycles. The van der Waals surface area contributed by atoms with Gasteiger partial charge in [0.25, 0.3) is 10.0 Å². The third-order valence-corrected chi connectivity index (χ3v) is 5.13. The zero-order valence-electron chi connectivity index (χ0n) is 11.1. The van der Waals surface area contributed by atoms with Crippen LogP contribution in [0.15, 0.2) is 23.4 Å². The monoisotopic (exact) mass is 316 g/mol. The summed E-state index contributed by atoms with van der Waals surface area (Å²) < 4.78 is 26.2. The van der Waals surface area contributed by atoms with Crippen LogP contribution in [0.25, 0.3) is 0 Å². The zero-order valence-corrected chi connectivity index (χ0v) is 12.7. The van der Waals surface area contributed by atoms with Gasteiger partial charge in [-0.25, -0.2) is 13.4 Å². The van der Waals surface area contributed by atoms with Crippen LogP contribution in [0.4, 0.5) is 0 Å². The summed E-state index contributed by atoms with van der Waals surface area (Å²) in [7, 11) is -1.70. The largest absolute Gasteiger partial charge is 0.317 e. The Kier molecular flexibility index (Phi) is 5.89. The van der Waals surface area contributed by atoms with Gasteiger partial charge in [-0.3, -0.25) is 0 Å². The number of nitriles is 1. The molecule has 1 N–H and O–H groups in total. The average molecular weight is 317 g/mol. The van der Waals surface area contributed by atoms with E-state index in [1.165, 1.54) is 22.6 Å². The molecule has 0 aromatic carbocycles. The first kappa shape index (κ1) is 16.9. The quantitative estimate of drug-likeness (QED) is 0.889. The van der Waals surface area contributed by atoms with Crippen molar-refractivity contribution in [1.82, 2.24) is 14.6 Å². The minimum atomic E-state index is -3.58. The first-order valence-corrected chi connectivity index (χ1v) is 7.55. The Hall–Kier alpha value is -1.20. The second-order valence-electron chi connectivity index (χ2n) is 4.46. The van der Waals surface area contributed by atoms with Gasteiger partial charge in [-0.05, 0) is 32.0 Å². The highest BCUT2D eigenvalue weighted by Gasteiger charge is 2.29. The van der Waals surface area contributed by atoms with E-state index in [0.29, 0.717) is 24.7 Å². The maximum Gasteiger partial charge on any atom is 0.260 e. The van der Waals surface area contributed by atoms with Crippen molar-refractivity contribution in [2.45, 2.75) is 23.9 Å². The first-order chi connectivity index (χ1) is 9.07. The normalized spacial score (nSPS) is 17.2. The number of hydrogen-bond donors (Lipinski definition) is 1. The molecule has 2 rings (SSSR count). The number of sulfonamides is 1. The van der Waals surface area contributed by atoms with Gasteiger partial charge in [-0.2, -0.15) is 9.57 Å². The molecule has 2 heterocycles. The van der Waals surface area contributed by atoms with Crippen molar-refractivity contribution >= 4 is 22.4 Å². The van der Waals surface area contributed by atoms with E-state index in [2.05, 4.69) is 10.3 Å². The van der Waals surface area contributed by atoms with Crippen LogP contribution in [-0.2, 0) is 10.0 Å². The van der Waals surface area contributed by atoms with Crippen molar-refractivity contribution in [3.8, 4) is 6.07 Å². The first-order valence-electron chi connectivity index (χ1n) is 6.11. The average Bonchev–Trinajstić information content (AvgIpc) is 2.47. The summed E-state index contributed by atoms with van der Waals surface area (Å²) in [5, 5.41) is 11.9. The smallest absolute Gasteiger partial charge is 0.260 e. The van der Waals surface area contributed by atoms with Crippen molar-refractivity contribution < 1.29 is 8.42 Å². The van der Waals surface area contributed by atoms with Gasteiger partial charge in [0.1, 0.15) is 0 Å². The fourth-order valence-corrected chi connectivity index (χ4v) is 3.56. The Labute approximate surface area is 125 Å². The number of rotatable bonds is 3. The van der Waals surface area contributed by atoms with Crippen molar-refractivity contribution in [1.29, 1.82) is 5.26 Å². The predicted octanol–water partition coefficient (Wildman–Crippen LogP) is 0.748. The van der Waals surface area contributed by atoms with E-state index in [1.54, 1.807) is 0 Å². The number of piperidine rings is 1. The summed E-state index contributed by atoms with van der Waals surface area (Å²) in [4.78, 5) is 3.88. The number of pyridine rings is 1. The number of hydrogen-bond acceptors (Lipinski definition) is 5. The zero-order chi connectivity index (χ0) is 13.9. The van der Waals surface area contributed by atoms with Crippen LogP contribution in [0.2, 0.25) is 0 Å². The van der Waals surface area contributed by atoms with Gasteiger partial charge < -0.3 is 5.32 Å². The summed E-state index contributed by atoms with van der Waals surface area (Å²) in [5.41, 5.74) is 0.304. The van der Waals surface area contributed by atoms with Crippen LogP contribution >= 0.6 is 12.4 Å². The van der Waals surface area contributed by atoms with Crippen molar-refractivity contribution in [2.75, 3.05) is 20.1 Å². The molecule has 110 valence electrons. The fourth-order valence-electron chi connectivity index (χ4n) is 2.14. The van der Waals surface area contributed by atoms with Gasteiger partial charge in [0.05, 0.1) is 11.6 Å². The van der Waals surface area contributed by atoms with E-state index >= 15 is 0 Å². The standard InChI is InChI=1S/C12H16N4O2S.ClH/c1-14-11-3-6-16(7-4-11)19(17,18)12-8-10(9-13)2-5-15-12;/h2,5,8,11,14H,3-4,6-7H2,1H3;1H. The summed E-state index contributed by atoms with van der Waals surface area (Å²) in [6.45, 7) is 0.957. The third-order valence-electron chi connectivity index (χ3n) is 3.33. The Bertz CT molecular complexity index is 592. The van der Waals surface area contributed by atoms with Gasteiger partial charge in [0, 0.05) is 25.3 Å². The van der Waals surface area contributed by atoms with E-state index in [9.17, 15) is 8.42 Å². The second-order valence-corrected chi connectivity index (χ2v) is 6.35. The van der Waals surface area contributed by atoms with Crippen molar-refractivity contribution in [3.05, 3.63) is 23.9 Å². The minimum absolute atomic E-state index is 0. The highest BCUT2D eigenvalue weighted by atomic mass is 35.5. The molecule has 1 aromatic heterocycles. The highest BCUT2D eigenvalue weighted by molar-refractivity contribution is 7.89. The molecule has 0 aliphatic carbocycles. The van der Waals surface area contributed by atoms with Crippen LogP contribution in [0.5, 0.6) is 0 Å². The second kappa shape index (κ2) is 6.99. The Morgan fingerprint density at radius 2 is 2.10 bits per heavy atom. The molecule has 0 bridgehead atoms. The van der Waals surface area contributed by atoms with Crippen LogP contribution in [0.1, 0.15) is 18.4 Å². The van der Waals surface area contributed by atoms with Crippen LogP contribution in [-0.4, -0.2) is 43.9 Å². The lowest BCUT2D eigenvalue weighted by atomic mass is 10.1. The molecule has 0 atom stereocenters. The molecular weight excluding hydrogens is 300 g/mol. The van der Waals surface area contributed by atoms with Crippen LogP contribution < -0.4 is 5.32 Å². The van der Waals surface area contributed by atoms with Gasteiger partial charge in [-0.1, -0.05) is 0 Å². The fraction of sp³-hybridized carbons (Fsp3) is 0.500. The van der Waals surface area contributed by atoms with E-state index in [4.69, 9.17) is 5.26 Å². The van der Waals surface area contributed by atoms with Gasteiger partial charge in [0.2, 0.25) is 0 Å². The van der Waals surface area contributed by atoms with E-state index in [-0.39, 0.29) is 17.4 Å². The topological polar surface area (TPSA) is 86.1 Å². The molecular formula is C12H17ClN4O2S. The summed E-state index contributed by atoms with van der Waals surface area (Å²) in [5.74, 6) is 0. The summed E-state index contributed by atoms with van der Waals surface area (Å²) in [6.07, 6.45) is 2.92. The molecule has 0 amide bonds. The maximum atomic E-state index is 12.4. The molecule has 8 heteroatoms. The molecule has 1 fully saturated rings. The minimum Gasteiger partial charge on any atom is -0.317 e. The van der Waals surface area contributed by atoms with E-state index in [1.807, 2.05) is 13.1 Å². The lowest BCUT2D eigenvalue weighted by molar-refractivity contribution is 0.298. The SMILES string of the molecule is CNC1CCN(S(=O)(=O)c2cc(C#N)ccn2)CC1.Cl. The molecule has 1 saturated heterocycles. The van der Waals surface area contributed by atoms with Crippen LogP contribution in [0, 0.1) is 11.3 Å². The molecule has 6 nitrogen and oxygen atoms in total. The number of nitrogens with zero attached hydrogens (tertiary/aromatic N) is 3. The lowest BCUT2D eigenvalue weighted by Crippen LogP contribution is -2.44. The predicted molar refractivity (Wildman–Crippen MR) is 77.0 cm³/mol. The molecule has 0 radical (unpaired) electrons. The third kappa shape index (κ3) is 3.46. The Morgan fingerprint density at radius 3 is 2.65 bits per heavy atom. The van der Waals surface area contributed by atoms with Crippen molar-refractivity contribution in [3.63, 3.8) is 0 Å². The molecule has 0 unspecified atom stereocenters. The maximum absolute atomic E-state index is 12.4. The molecule has 20 heavy (non-hydrogen) atoms. The lowest BCUT2D eigenvalue weighted by Gasteiger charge is -2.30. The molecule has 0 saturated carbocycles. The molecule has 1 aliphatic rings. The van der Waals surface area contributed by atoms with Gasteiger partial charge in [-0.15, -0.1) is 12.4 Å². The molecule has 0 spiro atoms. The number of aromatic nitrogens is 1. The molecule has 1 aromatic rings. The summed E-state index contributed by atoms with van der Waals surface area (Å²) >= 11 is 0. The number of nitrogens with one attached hydrogen (secondary N) is 1. The van der Waals surface area contributed by atoms with E-state index < -0.39 is 10.0 Å². The highest BCUT2D eigenvalue weighted by Crippen LogP contribution is 2.19. The van der Waals surface area contributed by atoms with Gasteiger partial charge in [0.15, 0.2) is 5.03 Å². The number of halogens is 1. The van der Waals surface area contributed by atoms with Crippen LogP contribution in [0.3, 0.4) is 0 Å². The summed E-state index contributed by atoms with van der Waals surface area (Å²) in [6, 6.07) is 5.10. The van der Waals surface area contributed by atoms with Gasteiger partial charge >= 0.3 is 0 Å².